The minimum atomic E-state index is 0.694. The second-order valence-electron chi connectivity index (χ2n) is 5.82. The Balaban J connectivity index is 1.74. The largest absolute Gasteiger partial charge is 0.348 e. The molecule has 0 spiro atoms. The first-order valence-electron chi connectivity index (χ1n) is 7.87. The van der Waals surface area contributed by atoms with Gasteiger partial charge in [0.05, 0.1) is 11.6 Å². The Kier molecular flexibility index (Phi) is 3.60. The molecule has 116 valence electrons. The van der Waals surface area contributed by atoms with E-state index < -0.39 is 0 Å². The summed E-state index contributed by atoms with van der Waals surface area (Å²) >= 11 is 0. The highest BCUT2D eigenvalue weighted by atomic mass is 15.0. The van der Waals surface area contributed by atoms with Crippen molar-refractivity contribution in [3.05, 3.63) is 89.6 Å². The van der Waals surface area contributed by atoms with Gasteiger partial charge in [0.2, 0.25) is 0 Å². The summed E-state index contributed by atoms with van der Waals surface area (Å²) in [6.07, 6.45) is 6.59. The Hall–Kier alpha value is -3.32. The summed E-state index contributed by atoms with van der Waals surface area (Å²) in [5.41, 5.74) is 4.26. The monoisotopic (exact) mass is 312 g/mol. The fourth-order valence-corrected chi connectivity index (χ4v) is 3.11. The molecule has 2 aromatic carbocycles. The zero-order valence-corrected chi connectivity index (χ0v) is 13.1. The van der Waals surface area contributed by atoms with Crippen molar-refractivity contribution in [2.45, 2.75) is 13.0 Å². The lowest BCUT2D eigenvalue weighted by Gasteiger charge is -2.05. The minimum absolute atomic E-state index is 0.694. The predicted molar refractivity (Wildman–Crippen MR) is 93.6 cm³/mol. The Morgan fingerprint density at radius 3 is 2.88 bits per heavy atom. The zero-order chi connectivity index (χ0) is 16.4. The molecule has 0 radical (unpaired) electrons. The number of imidazole rings is 1. The van der Waals surface area contributed by atoms with Crippen LogP contribution in [0.25, 0.3) is 10.9 Å². The van der Waals surface area contributed by atoms with Crippen LogP contribution in [0.1, 0.15) is 22.5 Å². The van der Waals surface area contributed by atoms with Crippen LogP contribution in [-0.2, 0) is 13.0 Å². The number of para-hydroxylation sites is 1. The molecule has 4 rings (SSSR count). The summed E-state index contributed by atoms with van der Waals surface area (Å²) in [4.78, 5) is 7.50. The standard InChI is InChI=1S/C20H16N4/c21-12-15-4-3-5-16(10-15)13-24-14-17(11-20-22-8-9-23-20)18-6-1-2-7-19(18)24/h1-10,14H,11,13H2,(H,22,23). The second kappa shape index (κ2) is 6.05. The topological polar surface area (TPSA) is 57.4 Å². The van der Waals surface area contributed by atoms with Gasteiger partial charge in [-0.25, -0.2) is 4.98 Å². The molecule has 2 aromatic heterocycles. The third-order valence-electron chi connectivity index (χ3n) is 4.19. The van der Waals surface area contributed by atoms with Gasteiger partial charge in [-0.1, -0.05) is 30.3 Å². The average molecular weight is 312 g/mol. The summed E-state index contributed by atoms with van der Waals surface area (Å²) in [6.45, 7) is 0.744. The molecule has 2 heterocycles. The van der Waals surface area contributed by atoms with Crippen molar-refractivity contribution in [2.24, 2.45) is 0 Å². The number of nitrogens with zero attached hydrogens (tertiary/aromatic N) is 3. The zero-order valence-electron chi connectivity index (χ0n) is 13.1. The van der Waals surface area contributed by atoms with Crippen LogP contribution in [0.4, 0.5) is 0 Å². The van der Waals surface area contributed by atoms with E-state index >= 15 is 0 Å². The maximum atomic E-state index is 9.08. The summed E-state index contributed by atoms with van der Waals surface area (Å²) < 4.78 is 2.24. The first-order chi connectivity index (χ1) is 11.8. The van der Waals surface area contributed by atoms with E-state index in [2.05, 4.69) is 57.1 Å². The molecule has 0 bridgehead atoms. The van der Waals surface area contributed by atoms with Crippen LogP contribution in [0.2, 0.25) is 0 Å². The minimum Gasteiger partial charge on any atom is -0.348 e. The highest BCUT2D eigenvalue weighted by Crippen LogP contribution is 2.24. The molecule has 0 aliphatic rings. The molecule has 4 heteroatoms. The molecule has 0 saturated carbocycles. The van der Waals surface area contributed by atoms with Crippen LogP contribution in [0.15, 0.2) is 67.1 Å². The van der Waals surface area contributed by atoms with Crippen molar-refractivity contribution in [1.29, 1.82) is 5.26 Å². The summed E-state index contributed by atoms with van der Waals surface area (Å²) in [7, 11) is 0. The molecule has 0 amide bonds. The predicted octanol–water partition coefficient (Wildman–Crippen LogP) is 3.88. The van der Waals surface area contributed by atoms with Crippen LogP contribution in [0.3, 0.4) is 0 Å². The Labute approximate surface area is 140 Å². The number of fused-ring (bicyclic) bond motifs is 1. The van der Waals surface area contributed by atoms with Crippen molar-refractivity contribution < 1.29 is 0 Å². The van der Waals surface area contributed by atoms with E-state index in [0.717, 1.165) is 24.4 Å². The first-order valence-corrected chi connectivity index (χ1v) is 7.87. The molecule has 0 aliphatic heterocycles. The maximum Gasteiger partial charge on any atom is 0.110 e. The molecule has 0 unspecified atom stereocenters. The Morgan fingerprint density at radius 1 is 1.12 bits per heavy atom. The fraction of sp³-hybridized carbons (Fsp3) is 0.100. The van der Waals surface area contributed by atoms with Gasteiger partial charge < -0.3 is 9.55 Å². The molecule has 0 fully saturated rings. The number of H-pyrrole nitrogens is 1. The molecule has 0 atom stereocenters. The van der Waals surface area contributed by atoms with E-state index in [9.17, 15) is 0 Å². The third kappa shape index (κ3) is 2.68. The third-order valence-corrected chi connectivity index (χ3v) is 4.19. The number of aromatic amines is 1. The van der Waals surface area contributed by atoms with Crippen LogP contribution < -0.4 is 0 Å². The highest BCUT2D eigenvalue weighted by Gasteiger charge is 2.10. The quantitative estimate of drug-likeness (QED) is 0.622. The molecular weight excluding hydrogens is 296 g/mol. The van der Waals surface area contributed by atoms with Gasteiger partial charge in [-0.3, -0.25) is 0 Å². The molecule has 24 heavy (non-hydrogen) atoms. The molecule has 4 aromatic rings. The van der Waals surface area contributed by atoms with E-state index in [1.54, 1.807) is 6.20 Å². The summed E-state index contributed by atoms with van der Waals surface area (Å²) in [6, 6.07) is 18.4. The number of benzene rings is 2. The summed E-state index contributed by atoms with van der Waals surface area (Å²) in [5, 5.41) is 10.3. The lowest BCUT2D eigenvalue weighted by Crippen LogP contribution is -1.98. The summed E-state index contributed by atoms with van der Waals surface area (Å²) in [5.74, 6) is 0.962. The van der Waals surface area contributed by atoms with Gasteiger partial charge in [-0.2, -0.15) is 5.26 Å². The Morgan fingerprint density at radius 2 is 2.04 bits per heavy atom. The number of nitriles is 1. The van der Waals surface area contributed by atoms with Crippen molar-refractivity contribution >= 4 is 10.9 Å². The normalized spacial score (nSPS) is 10.8. The SMILES string of the molecule is N#Cc1cccc(Cn2cc(Cc3ncc[nH]3)c3ccccc32)c1. The highest BCUT2D eigenvalue weighted by molar-refractivity contribution is 5.84. The van der Waals surface area contributed by atoms with E-state index in [4.69, 9.17) is 5.26 Å². The Bertz CT molecular complexity index is 1020. The number of rotatable bonds is 4. The van der Waals surface area contributed by atoms with Crippen molar-refractivity contribution in [1.82, 2.24) is 14.5 Å². The van der Waals surface area contributed by atoms with Crippen molar-refractivity contribution in [3.8, 4) is 6.07 Å². The van der Waals surface area contributed by atoms with Crippen molar-refractivity contribution in [2.75, 3.05) is 0 Å². The number of aromatic nitrogens is 3. The van der Waals surface area contributed by atoms with Gasteiger partial charge in [0, 0.05) is 42.5 Å². The van der Waals surface area contributed by atoms with Crippen LogP contribution in [0, 0.1) is 11.3 Å². The van der Waals surface area contributed by atoms with Gasteiger partial charge in [0.1, 0.15) is 5.82 Å². The van der Waals surface area contributed by atoms with Crippen LogP contribution >= 0.6 is 0 Å². The molecule has 0 aliphatic carbocycles. The smallest absolute Gasteiger partial charge is 0.110 e. The average Bonchev–Trinajstić information content (AvgIpc) is 3.25. The molecule has 4 nitrogen and oxygen atoms in total. The second-order valence-corrected chi connectivity index (χ2v) is 5.82. The van der Waals surface area contributed by atoms with E-state index in [1.165, 1.54) is 16.5 Å². The van der Waals surface area contributed by atoms with E-state index in [0.29, 0.717) is 5.56 Å². The lowest BCUT2D eigenvalue weighted by atomic mass is 10.1. The first kappa shape index (κ1) is 14.3. The molecule has 0 saturated heterocycles. The van der Waals surface area contributed by atoms with Crippen LogP contribution in [-0.4, -0.2) is 14.5 Å². The molecular formula is C20H16N4. The number of hydrogen-bond donors (Lipinski definition) is 1. The fourth-order valence-electron chi connectivity index (χ4n) is 3.11. The van der Waals surface area contributed by atoms with Crippen molar-refractivity contribution in [3.63, 3.8) is 0 Å². The van der Waals surface area contributed by atoms with Gasteiger partial charge >= 0.3 is 0 Å². The molecule has 1 N–H and O–H groups in total. The van der Waals surface area contributed by atoms with Gasteiger partial charge in [-0.05, 0) is 29.3 Å². The number of nitrogens with one attached hydrogen (secondary N) is 1. The van der Waals surface area contributed by atoms with Gasteiger partial charge in [0.15, 0.2) is 0 Å². The van der Waals surface area contributed by atoms with Gasteiger partial charge in [-0.15, -0.1) is 0 Å². The van der Waals surface area contributed by atoms with Gasteiger partial charge in [0.25, 0.3) is 0 Å². The number of hydrogen-bond acceptors (Lipinski definition) is 2. The maximum absolute atomic E-state index is 9.08. The lowest BCUT2D eigenvalue weighted by molar-refractivity contribution is 0.830. The van der Waals surface area contributed by atoms with Crippen LogP contribution in [0.5, 0.6) is 0 Å². The van der Waals surface area contributed by atoms with E-state index in [-0.39, 0.29) is 0 Å². The van der Waals surface area contributed by atoms with E-state index in [1.807, 2.05) is 24.4 Å².